The molecule has 114 valence electrons. The maximum atomic E-state index is 11.2. The number of hydrogen-bond donors (Lipinski definition) is 0. The fourth-order valence-electron chi connectivity index (χ4n) is 1.45. The number of hydrogen-bond acceptors (Lipinski definition) is 6. The van der Waals surface area contributed by atoms with E-state index in [9.17, 15) is 4.79 Å². The lowest BCUT2D eigenvalue weighted by Gasteiger charge is -2.26. The van der Waals surface area contributed by atoms with Crippen LogP contribution in [0.4, 0.5) is 0 Å². The van der Waals surface area contributed by atoms with Crippen LogP contribution in [0.15, 0.2) is 0 Å². The highest BCUT2D eigenvalue weighted by Gasteiger charge is 2.38. The molecule has 0 aromatic heterocycles. The molecule has 0 heterocycles. The van der Waals surface area contributed by atoms with Crippen LogP contribution in [0.3, 0.4) is 0 Å². The van der Waals surface area contributed by atoms with Crippen LogP contribution in [0.1, 0.15) is 40.0 Å². The molecule has 7 heteroatoms. The van der Waals surface area contributed by atoms with Crippen LogP contribution in [0.25, 0.3) is 0 Å². The SMILES string of the molecule is CCC[Si](OC)(OC)OCOC(CC)OC(=O)CC. The Morgan fingerprint density at radius 3 is 2.21 bits per heavy atom. The summed E-state index contributed by atoms with van der Waals surface area (Å²) in [6.45, 7) is 5.63. The molecule has 0 fully saturated rings. The largest absolute Gasteiger partial charge is 0.502 e. The Bertz CT molecular complexity index is 244. The Hall–Kier alpha value is -0.473. The molecular weight excluding hydrogens is 268 g/mol. The van der Waals surface area contributed by atoms with E-state index in [0.717, 1.165) is 12.5 Å². The van der Waals surface area contributed by atoms with Crippen LogP contribution in [0.5, 0.6) is 0 Å². The summed E-state index contributed by atoms with van der Waals surface area (Å²) in [5, 5.41) is 0. The van der Waals surface area contributed by atoms with Crippen molar-refractivity contribution >= 4 is 14.8 Å². The van der Waals surface area contributed by atoms with Crippen LogP contribution in [0, 0.1) is 0 Å². The molecule has 0 aliphatic heterocycles. The highest BCUT2D eigenvalue weighted by atomic mass is 28.4. The van der Waals surface area contributed by atoms with Gasteiger partial charge in [0.15, 0.2) is 0 Å². The molecule has 0 saturated heterocycles. The normalized spacial score (nSPS) is 13.3. The third kappa shape index (κ3) is 7.02. The van der Waals surface area contributed by atoms with Gasteiger partial charge in [-0.15, -0.1) is 0 Å². The molecule has 0 aromatic carbocycles. The lowest BCUT2D eigenvalue weighted by Crippen LogP contribution is -2.44. The van der Waals surface area contributed by atoms with E-state index < -0.39 is 15.1 Å². The zero-order valence-electron chi connectivity index (χ0n) is 12.6. The zero-order chi connectivity index (χ0) is 14.7. The molecule has 0 saturated carbocycles. The minimum Gasteiger partial charge on any atom is -0.436 e. The van der Waals surface area contributed by atoms with Crippen molar-refractivity contribution < 1.29 is 27.5 Å². The van der Waals surface area contributed by atoms with Crippen LogP contribution in [-0.4, -0.2) is 42.1 Å². The fourth-order valence-corrected chi connectivity index (χ4v) is 3.26. The van der Waals surface area contributed by atoms with Gasteiger partial charge >= 0.3 is 14.8 Å². The molecule has 6 nitrogen and oxygen atoms in total. The molecule has 0 aromatic rings. The number of carbonyl (C=O) groups is 1. The van der Waals surface area contributed by atoms with Crippen molar-refractivity contribution in [3.8, 4) is 0 Å². The van der Waals surface area contributed by atoms with Crippen molar-refractivity contribution in [3.63, 3.8) is 0 Å². The minimum absolute atomic E-state index is 0.0105. The van der Waals surface area contributed by atoms with Gasteiger partial charge in [-0.2, -0.15) is 0 Å². The smallest absolute Gasteiger partial charge is 0.436 e. The van der Waals surface area contributed by atoms with Crippen molar-refractivity contribution in [3.05, 3.63) is 0 Å². The van der Waals surface area contributed by atoms with Gasteiger partial charge in [0.05, 0.1) is 0 Å². The van der Waals surface area contributed by atoms with Gasteiger partial charge < -0.3 is 22.8 Å². The molecule has 0 amide bonds. The lowest BCUT2D eigenvalue weighted by atomic mass is 10.4. The summed E-state index contributed by atoms with van der Waals surface area (Å²) in [6.07, 6.45) is 1.20. The summed E-state index contributed by atoms with van der Waals surface area (Å²) in [6, 6.07) is 0.717. The molecule has 0 aliphatic rings. The van der Waals surface area contributed by atoms with E-state index in [4.69, 9.17) is 22.8 Å². The molecule has 19 heavy (non-hydrogen) atoms. The maximum Gasteiger partial charge on any atom is 0.502 e. The Balaban J connectivity index is 4.18. The van der Waals surface area contributed by atoms with Gasteiger partial charge in [0.1, 0.15) is 6.79 Å². The van der Waals surface area contributed by atoms with Gasteiger partial charge in [0.25, 0.3) is 0 Å². The molecule has 0 radical (unpaired) electrons. The topological polar surface area (TPSA) is 63.2 Å². The number of ether oxygens (including phenoxy) is 2. The molecule has 0 bridgehead atoms. The average molecular weight is 294 g/mol. The van der Waals surface area contributed by atoms with E-state index in [1.807, 2.05) is 13.8 Å². The van der Waals surface area contributed by atoms with Gasteiger partial charge in [-0.05, 0) is 0 Å². The summed E-state index contributed by atoms with van der Waals surface area (Å²) in [7, 11) is 0.502. The Labute approximate surface area is 116 Å². The third-order valence-electron chi connectivity index (χ3n) is 2.60. The fraction of sp³-hybridized carbons (Fsp3) is 0.917. The van der Waals surface area contributed by atoms with Gasteiger partial charge in [0.2, 0.25) is 6.29 Å². The Kier molecular flexibility index (Phi) is 10.1. The highest BCUT2D eigenvalue weighted by Crippen LogP contribution is 2.16. The van der Waals surface area contributed by atoms with E-state index >= 15 is 0 Å². The van der Waals surface area contributed by atoms with E-state index in [0.29, 0.717) is 12.8 Å². The molecule has 0 aliphatic carbocycles. The molecule has 1 unspecified atom stereocenters. The average Bonchev–Trinajstić information content (AvgIpc) is 2.44. The second-order valence-electron chi connectivity index (χ2n) is 3.95. The van der Waals surface area contributed by atoms with Gasteiger partial charge in [-0.3, -0.25) is 4.79 Å². The third-order valence-corrected chi connectivity index (χ3v) is 5.51. The summed E-state index contributed by atoms with van der Waals surface area (Å²) in [5.41, 5.74) is 0. The van der Waals surface area contributed by atoms with Crippen molar-refractivity contribution in [1.82, 2.24) is 0 Å². The first-order valence-electron chi connectivity index (χ1n) is 6.62. The second kappa shape index (κ2) is 10.3. The Morgan fingerprint density at radius 2 is 1.79 bits per heavy atom. The monoisotopic (exact) mass is 294 g/mol. The van der Waals surface area contributed by atoms with Crippen molar-refractivity contribution in [1.29, 1.82) is 0 Å². The van der Waals surface area contributed by atoms with Crippen LogP contribution in [0.2, 0.25) is 6.04 Å². The molecule has 0 N–H and O–H groups in total. The number of esters is 1. The molecular formula is C12H26O6Si. The first kappa shape index (κ1) is 18.5. The maximum absolute atomic E-state index is 11.2. The van der Waals surface area contributed by atoms with Crippen LogP contribution >= 0.6 is 0 Å². The summed E-state index contributed by atoms with van der Waals surface area (Å²) < 4.78 is 26.8. The first-order chi connectivity index (χ1) is 9.07. The van der Waals surface area contributed by atoms with E-state index in [1.165, 1.54) is 0 Å². The van der Waals surface area contributed by atoms with E-state index in [1.54, 1.807) is 21.1 Å². The molecule has 0 spiro atoms. The van der Waals surface area contributed by atoms with Crippen molar-refractivity contribution in [2.75, 3.05) is 21.0 Å². The summed E-state index contributed by atoms with van der Waals surface area (Å²) >= 11 is 0. The van der Waals surface area contributed by atoms with E-state index in [-0.39, 0.29) is 12.8 Å². The van der Waals surface area contributed by atoms with Gasteiger partial charge in [-0.25, -0.2) is 0 Å². The molecule has 1 atom stereocenters. The standard InChI is InChI=1S/C12H26O6Si/c1-6-9-19(14-4,15-5)17-10-16-12(8-3)18-11(13)7-2/h12H,6-10H2,1-5H3. The predicted molar refractivity (Wildman–Crippen MR) is 72.4 cm³/mol. The first-order valence-corrected chi connectivity index (χ1v) is 8.55. The number of carbonyl (C=O) groups excluding carboxylic acids is 1. The van der Waals surface area contributed by atoms with Crippen LogP contribution < -0.4 is 0 Å². The quantitative estimate of drug-likeness (QED) is 0.331. The highest BCUT2D eigenvalue weighted by molar-refractivity contribution is 6.60. The van der Waals surface area contributed by atoms with E-state index in [2.05, 4.69) is 0 Å². The number of rotatable bonds is 11. The lowest BCUT2D eigenvalue weighted by molar-refractivity contribution is -0.196. The molecule has 0 rings (SSSR count). The van der Waals surface area contributed by atoms with Gasteiger partial charge in [0, 0.05) is 33.1 Å². The summed E-state index contributed by atoms with van der Waals surface area (Å²) in [5.74, 6) is -0.289. The van der Waals surface area contributed by atoms with Crippen molar-refractivity contribution in [2.45, 2.75) is 52.4 Å². The second-order valence-corrected chi connectivity index (χ2v) is 6.92. The minimum atomic E-state index is -2.64. The predicted octanol–water partition coefficient (Wildman–Crippen LogP) is 2.31. The Morgan fingerprint density at radius 1 is 1.16 bits per heavy atom. The van der Waals surface area contributed by atoms with Crippen molar-refractivity contribution in [2.24, 2.45) is 0 Å². The zero-order valence-corrected chi connectivity index (χ0v) is 13.6. The van der Waals surface area contributed by atoms with Gasteiger partial charge in [-0.1, -0.05) is 27.2 Å². The summed E-state index contributed by atoms with van der Waals surface area (Å²) in [4.78, 5) is 11.2. The van der Waals surface area contributed by atoms with Crippen LogP contribution in [-0.2, 0) is 27.5 Å².